The van der Waals surface area contributed by atoms with Crippen molar-refractivity contribution in [2.24, 2.45) is 0 Å². The quantitative estimate of drug-likeness (QED) is 0.509. The first kappa shape index (κ1) is 26.9. The molecule has 8 heteroatoms. The number of nitrogens with zero attached hydrogens (tertiary/aromatic N) is 1. The molecule has 0 bridgehead atoms. The molecular weight excluding hydrogens is 452 g/mol. The molecule has 1 aliphatic heterocycles. The molecule has 192 valence electrons. The maximum absolute atomic E-state index is 13.8. The first-order valence-corrected chi connectivity index (χ1v) is 12.1. The van der Waals surface area contributed by atoms with Crippen LogP contribution in [0.3, 0.4) is 0 Å². The number of anilines is 1. The molecule has 0 saturated carbocycles. The zero-order valence-electron chi connectivity index (χ0n) is 21.2. The summed E-state index contributed by atoms with van der Waals surface area (Å²) in [5, 5.41) is 17.2. The summed E-state index contributed by atoms with van der Waals surface area (Å²) in [7, 11) is 2.06. The lowest BCUT2D eigenvalue weighted by molar-refractivity contribution is 0.0419. The number of benzene rings is 2. The predicted molar refractivity (Wildman–Crippen MR) is 134 cm³/mol. The van der Waals surface area contributed by atoms with Crippen LogP contribution in [0, 0.1) is 11.6 Å². The number of fused-ring (bicyclic) bond motifs is 1. The summed E-state index contributed by atoms with van der Waals surface area (Å²) < 4.78 is 32.9. The third-order valence-corrected chi connectivity index (χ3v) is 6.16. The van der Waals surface area contributed by atoms with Crippen molar-refractivity contribution in [2.75, 3.05) is 25.0 Å². The third-order valence-electron chi connectivity index (χ3n) is 6.16. The fourth-order valence-corrected chi connectivity index (χ4v) is 4.39. The van der Waals surface area contributed by atoms with E-state index in [1.807, 2.05) is 0 Å². The zero-order valence-corrected chi connectivity index (χ0v) is 21.2. The van der Waals surface area contributed by atoms with Crippen molar-refractivity contribution < 1.29 is 23.4 Å². The van der Waals surface area contributed by atoms with Gasteiger partial charge in [0.25, 0.3) is 0 Å². The van der Waals surface area contributed by atoms with Crippen LogP contribution in [0.2, 0.25) is 0 Å². The number of nitrogens with one attached hydrogen (secondary N) is 2. The minimum atomic E-state index is -1.02. The Kier molecular flexibility index (Phi) is 8.72. The number of hydrogen-bond donors (Lipinski definition) is 3. The lowest BCUT2D eigenvalue weighted by Gasteiger charge is -2.35. The minimum Gasteiger partial charge on any atom is -0.444 e. The fraction of sp³-hybridized carbons (Fsp3) is 0.519. The van der Waals surface area contributed by atoms with Crippen LogP contribution in [0.5, 0.6) is 0 Å². The Morgan fingerprint density at radius 2 is 1.86 bits per heavy atom. The van der Waals surface area contributed by atoms with Gasteiger partial charge in [-0.25, -0.2) is 13.6 Å². The van der Waals surface area contributed by atoms with Gasteiger partial charge in [0.2, 0.25) is 0 Å². The molecule has 0 spiro atoms. The molecule has 0 radical (unpaired) electrons. The van der Waals surface area contributed by atoms with Gasteiger partial charge in [0.05, 0.1) is 12.1 Å². The van der Waals surface area contributed by atoms with Gasteiger partial charge in [-0.2, -0.15) is 0 Å². The van der Waals surface area contributed by atoms with E-state index >= 15 is 0 Å². The van der Waals surface area contributed by atoms with Crippen molar-refractivity contribution in [1.29, 1.82) is 0 Å². The largest absolute Gasteiger partial charge is 0.444 e. The van der Waals surface area contributed by atoms with Crippen molar-refractivity contribution in [3.05, 3.63) is 64.7 Å². The van der Waals surface area contributed by atoms with E-state index < -0.39 is 35.5 Å². The number of amides is 1. The van der Waals surface area contributed by atoms with Gasteiger partial charge in [0, 0.05) is 37.9 Å². The number of aryl methyl sites for hydroxylation is 1. The van der Waals surface area contributed by atoms with E-state index in [4.69, 9.17) is 4.74 Å². The van der Waals surface area contributed by atoms with Crippen LogP contribution < -0.4 is 15.5 Å². The second-order valence-corrected chi connectivity index (χ2v) is 10.2. The average molecular weight is 490 g/mol. The molecule has 0 aromatic heterocycles. The summed E-state index contributed by atoms with van der Waals surface area (Å²) in [5.41, 5.74) is 3.18. The molecule has 3 unspecified atom stereocenters. The van der Waals surface area contributed by atoms with E-state index in [-0.39, 0.29) is 19.0 Å². The van der Waals surface area contributed by atoms with Crippen LogP contribution >= 0.6 is 0 Å². The molecule has 3 atom stereocenters. The van der Waals surface area contributed by atoms with Crippen LogP contribution in [0.1, 0.15) is 56.8 Å². The van der Waals surface area contributed by atoms with Crippen molar-refractivity contribution in [3.63, 3.8) is 0 Å². The number of carbonyl (C=O) groups is 1. The van der Waals surface area contributed by atoms with Gasteiger partial charge in [-0.1, -0.05) is 19.1 Å². The van der Waals surface area contributed by atoms with Crippen LogP contribution in [-0.2, 0) is 17.6 Å². The number of aliphatic hydroxyl groups excluding tert-OH is 1. The first-order chi connectivity index (χ1) is 16.4. The topological polar surface area (TPSA) is 73.8 Å². The summed E-state index contributed by atoms with van der Waals surface area (Å²) in [6, 6.07) is 8.87. The summed E-state index contributed by atoms with van der Waals surface area (Å²) in [6.07, 6.45) is 0.115. The highest BCUT2D eigenvalue weighted by Crippen LogP contribution is 2.34. The molecule has 3 rings (SSSR count). The molecule has 0 aliphatic carbocycles. The Balaban J connectivity index is 1.75. The summed E-state index contributed by atoms with van der Waals surface area (Å²) in [6.45, 7) is 8.39. The van der Waals surface area contributed by atoms with E-state index in [2.05, 4.69) is 47.7 Å². The fourth-order valence-electron chi connectivity index (χ4n) is 4.39. The maximum Gasteiger partial charge on any atom is 0.407 e. The molecule has 35 heavy (non-hydrogen) atoms. The maximum atomic E-state index is 13.8. The second-order valence-electron chi connectivity index (χ2n) is 10.2. The smallest absolute Gasteiger partial charge is 0.407 e. The number of ether oxygens (including phenoxy) is 1. The van der Waals surface area contributed by atoms with Crippen LogP contribution in [0.15, 0.2) is 36.4 Å². The molecule has 0 fully saturated rings. The lowest BCUT2D eigenvalue weighted by atomic mass is 9.93. The Bertz CT molecular complexity index is 1000. The molecule has 2 aromatic rings. The summed E-state index contributed by atoms with van der Waals surface area (Å²) in [5.74, 6) is -1.42. The molecule has 1 aliphatic rings. The van der Waals surface area contributed by atoms with Crippen molar-refractivity contribution >= 4 is 11.8 Å². The molecule has 1 heterocycles. The molecule has 2 aromatic carbocycles. The number of hydrogen-bond acceptors (Lipinski definition) is 5. The predicted octanol–water partition coefficient (Wildman–Crippen LogP) is 4.49. The normalized spacial score (nSPS) is 17.5. The number of carbonyl (C=O) groups excluding carboxylic acids is 1. The van der Waals surface area contributed by atoms with Gasteiger partial charge in [0.15, 0.2) is 0 Å². The van der Waals surface area contributed by atoms with Crippen molar-refractivity contribution in [1.82, 2.24) is 10.6 Å². The molecule has 1 amide bonds. The van der Waals surface area contributed by atoms with Gasteiger partial charge in [-0.3, -0.25) is 0 Å². The molecule has 0 saturated heterocycles. The minimum absolute atomic E-state index is 0.0381. The second kappa shape index (κ2) is 11.4. The van der Waals surface area contributed by atoms with E-state index in [1.165, 1.54) is 23.3 Å². The highest BCUT2D eigenvalue weighted by molar-refractivity contribution is 5.68. The van der Waals surface area contributed by atoms with Crippen molar-refractivity contribution in [2.45, 2.75) is 70.7 Å². The number of halogens is 2. The Hall–Kier alpha value is -2.71. The van der Waals surface area contributed by atoms with Gasteiger partial charge in [0.1, 0.15) is 17.2 Å². The van der Waals surface area contributed by atoms with Crippen LogP contribution in [0.4, 0.5) is 19.3 Å². The molecular formula is C27H37F2N3O3. The number of aliphatic hydroxyl groups is 1. The van der Waals surface area contributed by atoms with E-state index in [0.29, 0.717) is 5.56 Å². The van der Waals surface area contributed by atoms with E-state index in [1.54, 1.807) is 20.8 Å². The van der Waals surface area contributed by atoms with Gasteiger partial charge in [-0.05, 0) is 74.9 Å². The highest BCUT2D eigenvalue weighted by atomic mass is 19.1. The van der Waals surface area contributed by atoms with Gasteiger partial charge >= 0.3 is 6.09 Å². The van der Waals surface area contributed by atoms with Gasteiger partial charge in [-0.15, -0.1) is 0 Å². The lowest BCUT2D eigenvalue weighted by Crippen LogP contribution is -2.50. The third kappa shape index (κ3) is 7.64. The zero-order chi connectivity index (χ0) is 25.8. The Morgan fingerprint density at radius 1 is 1.17 bits per heavy atom. The number of alkyl carbamates (subject to hydrolysis) is 1. The molecule has 3 N–H and O–H groups in total. The number of rotatable bonds is 8. The highest BCUT2D eigenvalue weighted by Gasteiger charge is 2.28. The monoisotopic (exact) mass is 489 g/mol. The van der Waals surface area contributed by atoms with Crippen LogP contribution in [-0.4, -0.2) is 49.1 Å². The first-order valence-electron chi connectivity index (χ1n) is 12.1. The summed E-state index contributed by atoms with van der Waals surface area (Å²) >= 11 is 0. The van der Waals surface area contributed by atoms with Gasteiger partial charge < -0.3 is 25.4 Å². The SMILES string of the molecule is CCc1ccc2c(c1)C(NCC(O)C(Cc1cc(F)cc(F)c1)NC(=O)OC(C)(C)C)CCN2C. The standard InChI is InChI=1S/C27H37F2N3O3/c1-6-17-7-8-24-21(13-17)22(9-10-32(24)5)30-16-25(33)23(31-26(34)35-27(2,3)4)14-18-11-19(28)15-20(29)12-18/h7-8,11-13,15,22-23,25,30,33H,6,9-10,14,16H2,1-5H3,(H,31,34). The van der Waals surface area contributed by atoms with Crippen LogP contribution in [0.25, 0.3) is 0 Å². The average Bonchev–Trinajstić information content (AvgIpc) is 2.75. The molecule has 6 nitrogen and oxygen atoms in total. The van der Waals surface area contributed by atoms with E-state index in [0.717, 1.165) is 31.1 Å². The Morgan fingerprint density at radius 3 is 2.49 bits per heavy atom. The Labute approximate surface area is 206 Å². The van der Waals surface area contributed by atoms with E-state index in [9.17, 15) is 18.7 Å². The summed E-state index contributed by atoms with van der Waals surface area (Å²) in [4.78, 5) is 14.7. The van der Waals surface area contributed by atoms with Crippen molar-refractivity contribution in [3.8, 4) is 0 Å².